The quantitative estimate of drug-likeness (QED) is 0.901. The van der Waals surface area contributed by atoms with Crippen molar-refractivity contribution in [3.63, 3.8) is 0 Å². The molecule has 0 saturated carbocycles. The topological polar surface area (TPSA) is 41.6 Å². The lowest BCUT2D eigenvalue weighted by Crippen LogP contribution is -2.37. The van der Waals surface area contributed by atoms with Gasteiger partial charge in [0.2, 0.25) is 5.91 Å². The maximum atomic E-state index is 13.8. The Morgan fingerprint density at radius 2 is 2.30 bits per heavy atom. The summed E-state index contributed by atoms with van der Waals surface area (Å²) in [5.41, 5.74) is 0.747. The number of methoxy groups -OCH3 is 1. The van der Waals surface area contributed by atoms with Crippen LogP contribution in [0.4, 0.5) is 4.39 Å². The zero-order valence-electron chi connectivity index (χ0n) is 12.1. The Balaban J connectivity index is 2.26. The van der Waals surface area contributed by atoms with E-state index in [2.05, 4.69) is 12.2 Å². The smallest absolute Gasteiger partial charge is 0.238 e. The minimum absolute atomic E-state index is 0.0622. The first-order chi connectivity index (χ1) is 9.58. The summed E-state index contributed by atoms with van der Waals surface area (Å²) < 4.78 is 18.7. The highest BCUT2D eigenvalue weighted by Crippen LogP contribution is 2.29. The fraction of sp³-hybridized carbons (Fsp3) is 0.533. The van der Waals surface area contributed by atoms with Crippen molar-refractivity contribution in [2.24, 2.45) is 0 Å². The van der Waals surface area contributed by atoms with Gasteiger partial charge >= 0.3 is 0 Å². The molecule has 1 saturated heterocycles. The number of nitrogens with one attached hydrogen (secondary N) is 1. The van der Waals surface area contributed by atoms with Gasteiger partial charge in [-0.3, -0.25) is 10.1 Å². The van der Waals surface area contributed by atoms with Crippen LogP contribution in [-0.4, -0.2) is 30.5 Å². The molecule has 1 aliphatic heterocycles. The molecule has 4 nitrogen and oxygen atoms in total. The van der Waals surface area contributed by atoms with Crippen LogP contribution in [0.2, 0.25) is 0 Å². The molecular formula is C15H21FN2O2. The van der Waals surface area contributed by atoms with Crippen LogP contribution in [0.15, 0.2) is 18.2 Å². The second-order valence-corrected chi connectivity index (χ2v) is 5.12. The van der Waals surface area contributed by atoms with E-state index in [1.165, 1.54) is 13.2 Å². The van der Waals surface area contributed by atoms with E-state index in [4.69, 9.17) is 4.74 Å². The van der Waals surface area contributed by atoms with E-state index in [0.29, 0.717) is 6.54 Å². The molecule has 1 N–H and O–H groups in total. The lowest BCUT2D eigenvalue weighted by Gasteiger charge is -2.30. The maximum Gasteiger partial charge on any atom is 0.238 e. The number of benzene rings is 1. The lowest BCUT2D eigenvalue weighted by molar-refractivity contribution is -0.130. The van der Waals surface area contributed by atoms with Crippen molar-refractivity contribution in [1.29, 1.82) is 0 Å². The number of hydrogen-bond acceptors (Lipinski definition) is 3. The third-order valence-electron chi connectivity index (χ3n) is 3.69. The Kier molecular flexibility index (Phi) is 4.60. The third-order valence-corrected chi connectivity index (χ3v) is 3.69. The average molecular weight is 280 g/mol. The van der Waals surface area contributed by atoms with E-state index in [0.717, 1.165) is 18.4 Å². The van der Waals surface area contributed by atoms with Gasteiger partial charge in [-0.05, 0) is 31.0 Å². The van der Waals surface area contributed by atoms with E-state index >= 15 is 0 Å². The summed E-state index contributed by atoms with van der Waals surface area (Å²) in [7, 11) is 1.44. The molecule has 0 aromatic heterocycles. The van der Waals surface area contributed by atoms with Gasteiger partial charge in [-0.1, -0.05) is 19.4 Å². The van der Waals surface area contributed by atoms with Gasteiger partial charge in [-0.2, -0.15) is 0 Å². The number of carbonyl (C=O) groups is 1. The highest BCUT2D eigenvalue weighted by atomic mass is 19.1. The van der Waals surface area contributed by atoms with Crippen LogP contribution in [0.1, 0.15) is 38.4 Å². The molecule has 2 atom stereocenters. The molecule has 1 fully saturated rings. The number of halogens is 1. The molecule has 20 heavy (non-hydrogen) atoms. The van der Waals surface area contributed by atoms with Gasteiger partial charge in [-0.15, -0.1) is 0 Å². The number of ether oxygens (including phenoxy) is 1. The highest BCUT2D eigenvalue weighted by Gasteiger charge is 2.34. The summed E-state index contributed by atoms with van der Waals surface area (Å²) >= 11 is 0. The van der Waals surface area contributed by atoms with Crippen molar-refractivity contribution in [2.45, 2.75) is 38.9 Å². The largest absolute Gasteiger partial charge is 0.494 e. The van der Waals surface area contributed by atoms with Crippen molar-refractivity contribution in [3.8, 4) is 5.75 Å². The van der Waals surface area contributed by atoms with E-state index in [1.54, 1.807) is 12.1 Å². The van der Waals surface area contributed by atoms with Crippen molar-refractivity contribution >= 4 is 5.91 Å². The van der Waals surface area contributed by atoms with E-state index in [-0.39, 0.29) is 23.9 Å². The second-order valence-electron chi connectivity index (χ2n) is 5.12. The first-order valence-corrected chi connectivity index (χ1v) is 6.96. The van der Waals surface area contributed by atoms with Crippen LogP contribution in [0.3, 0.4) is 0 Å². The van der Waals surface area contributed by atoms with Gasteiger partial charge in [0.05, 0.1) is 13.7 Å². The molecule has 0 aliphatic carbocycles. The number of carbonyl (C=O) groups excluding carboxylic acids is 1. The fourth-order valence-electron chi connectivity index (χ4n) is 2.71. The summed E-state index contributed by atoms with van der Waals surface area (Å²) in [6.07, 6.45) is 1.68. The molecule has 2 rings (SSSR count). The molecule has 1 aliphatic rings. The molecule has 1 heterocycles. The summed E-state index contributed by atoms with van der Waals surface area (Å²) in [4.78, 5) is 13.8. The van der Waals surface area contributed by atoms with E-state index < -0.39 is 5.82 Å². The molecule has 2 unspecified atom stereocenters. The monoisotopic (exact) mass is 280 g/mol. The molecular weight excluding hydrogens is 259 g/mol. The second kappa shape index (κ2) is 6.22. The first kappa shape index (κ1) is 14.8. The van der Waals surface area contributed by atoms with Crippen LogP contribution in [0.5, 0.6) is 5.75 Å². The number of hydrogen-bond donors (Lipinski definition) is 1. The van der Waals surface area contributed by atoms with Crippen LogP contribution in [0, 0.1) is 5.82 Å². The Hall–Kier alpha value is -1.62. The summed E-state index contributed by atoms with van der Waals surface area (Å²) in [6, 6.07) is 4.96. The van der Waals surface area contributed by atoms with Crippen molar-refractivity contribution < 1.29 is 13.9 Å². The van der Waals surface area contributed by atoms with Gasteiger partial charge in [0.25, 0.3) is 0 Å². The van der Waals surface area contributed by atoms with Crippen LogP contribution in [-0.2, 0) is 4.79 Å². The van der Waals surface area contributed by atoms with Gasteiger partial charge in [0, 0.05) is 6.04 Å². The normalized spacial score (nSPS) is 20.3. The summed E-state index contributed by atoms with van der Waals surface area (Å²) in [6.45, 7) is 4.42. The van der Waals surface area contributed by atoms with Crippen LogP contribution >= 0.6 is 0 Å². The molecule has 1 amide bonds. The van der Waals surface area contributed by atoms with Crippen molar-refractivity contribution in [2.75, 3.05) is 13.7 Å². The first-order valence-electron chi connectivity index (χ1n) is 6.96. The molecule has 5 heteroatoms. The molecule has 110 valence electrons. The standard InChI is InChI=1S/C15H21FN2O2/c1-4-5-10(2)18-14(19)9-17-15(18)11-6-7-13(20-3)12(16)8-11/h6-8,10,15,17H,4-5,9H2,1-3H3. The summed E-state index contributed by atoms with van der Waals surface area (Å²) in [5, 5.41) is 3.15. The van der Waals surface area contributed by atoms with Crippen LogP contribution in [0.25, 0.3) is 0 Å². The van der Waals surface area contributed by atoms with Gasteiger partial charge in [0.15, 0.2) is 11.6 Å². The number of rotatable bonds is 5. The fourth-order valence-corrected chi connectivity index (χ4v) is 2.71. The maximum absolute atomic E-state index is 13.8. The third kappa shape index (κ3) is 2.77. The Morgan fingerprint density at radius 1 is 1.55 bits per heavy atom. The molecule has 0 bridgehead atoms. The minimum Gasteiger partial charge on any atom is -0.494 e. The number of nitrogens with zero attached hydrogens (tertiary/aromatic N) is 1. The molecule has 0 spiro atoms. The Morgan fingerprint density at radius 3 is 2.90 bits per heavy atom. The van der Waals surface area contributed by atoms with Crippen molar-refractivity contribution in [3.05, 3.63) is 29.6 Å². The summed E-state index contributed by atoms with van der Waals surface area (Å²) in [5.74, 6) is -0.132. The van der Waals surface area contributed by atoms with Gasteiger partial charge < -0.3 is 9.64 Å². The zero-order chi connectivity index (χ0) is 14.7. The lowest BCUT2D eigenvalue weighted by atomic mass is 10.1. The predicted octanol–water partition coefficient (Wildman–Crippen LogP) is 2.45. The van der Waals surface area contributed by atoms with Crippen molar-refractivity contribution in [1.82, 2.24) is 10.2 Å². The molecule has 1 aromatic rings. The van der Waals surface area contributed by atoms with E-state index in [1.807, 2.05) is 11.8 Å². The highest BCUT2D eigenvalue weighted by molar-refractivity contribution is 5.81. The van der Waals surface area contributed by atoms with Gasteiger partial charge in [-0.25, -0.2) is 4.39 Å². The predicted molar refractivity (Wildman–Crippen MR) is 74.9 cm³/mol. The molecule has 1 aromatic carbocycles. The average Bonchev–Trinajstić information content (AvgIpc) is 2.81. The Labute approximate surface area is 118 Å². The zero-order valence-corrected chi connectivity index (χ0v) is 12.1. The number of amides is 1. The molecule has 0 radical (unpaired) electrons. The Bertz CT molecular complexity index is 493. The van der Waals surface area contributed by atoms with Crippen LogP contribution < -0.4 is 10.1 Å². The van der Waals surface area contributed by atoms with E-state index in [9.17, 15) is 9.18 Å². The minimum atomic E-state index is -0.408. The SMILES string of the molecule is CCCC(C)N1C(=O)CNC1c1ccc(OC)c(F)c1. The van der Waals surface area contributed by atoms with Gasteiger partial charge in [0.1, 0.15) is 6.17 Å².